The molecule has 0 spiro atoms. The molecule has 0 aliphatic rings. The zero-order valence-electron chi connectivity index (χ0n) is 7.61. The highest BCUT2D eigenvalue weighted by molar-refractivity contribution is 5.49. The van der Waals surface area contributed by atoms with Crippen molar-refractivity contribution < 1.29 is 5.11 Å². The number of benzene rings is 1. The second-order valence-electron chi connectivity index (χ2n) is 2.87. The van der Waals surface area contributed by atoms with Crippen molar-refractivity contribution in [1.29, 1.82) is 0 Å². The predicted octanol–water partition coefficient (Wildman–Crippen LogP) is 1.19. The smallest absolute Gasteiger partial charge is 0.0615 e. The molecule has 3 N–H and O–H groups in total. The molecule has 1 rings (SSSR count). The van der Waals surface area contributed by atoms with Crippen LogP contribution in [0.3, 0.4) is 0 Å². The second kappa shape index (κ2) is 5.51. The molecule has 0 atom stereocenters. The maximum atomic E-state index is 8.56. The first-order valence-electron chi connectivity index (χ1n) is 4.43. The van der Waals surface area contributed by atoms with E-state index in [9.17, 15) is 0 Å². The second-order valence-corrected chi connectivity index (χ2v) is 2.87. The van der Waals surface area contributed by atoms with Gasteiger partial charge < -0.3 is 10.8 Å². The Morgan fingerprint density at radius 3 is 2.46 bits per heavy atom. The fourth-order valence-corrected chi connectivity index (χ4v) is 1.15. The first-order valence-corrected chi connectivity index (χ1v) is 4.43. The molecule has 0 aromatic heterocycles. The monoisotopic (exact) mass is 177 g/mol. The van der Waals surface area contributed by atoms with Crippen LogP contribution in [0.5, 0.6) is 0 Å². The number of hydrogen-bond donors (Lipinski definition) is 2. The molecule has 0 amide bonds. The van der Waals surface area contributed by atoms with Crippen molar-refractivity contribution in [2.24, 2.45) is 5.73 Å². The van der Waals surface area contributed by atoms with Crippen molar-refractivity contribution in [1.82, 2.24) is 0 Å². The summed E-state index contributed by atoms with van der Waals surface area (Å²) in [6.07, 6.45) is 4.54. The molecule has 1 aromatic rings. The third-order valence-corrected chi connectivity index (χ3v) is 1.83. The van der Waals surface area contributed by atoms with Gasteiger partial charge in [-0.3, -0.25) is 0 Å². The van der Waals surface area contributed by atoms with E-state index >= 15 is 0 Å². The fourth-order valence-electron chi connectivity index (χ4n) is 1.15. The van der Waals surface area contributed by atoms with Crippen LogP contribution in [0, 0.1) is 0 Å². The molecule has 0 aliphatic heterocycles. The molecular formula is C11H15NO. The van der Waals surface area contributed by atoms with Crippen LogP contribution in [-0.2, 0) is 6.42 Å². The lowest BCUT2D eigenvalue weighted by atomic mass is 10.1. The van der Waals surface area contributed by atoms with Gasteiger partial charge in [0, 0.05) is 0 Å². The highest BCUT2D eigenvalue weighted by atomic mass is 16.2. The first-order chi connectivity index (χ1) is 6.36. The molecule has 2 nitrogen and oxygen atoms in total. The molecule has 0 saturated heterocycles. The van der Waals surface area contributed by atoms with Gasteiger partial charge >= 0.3 is 0 Å². The average Bonchev–Trinajstić information content (AvgIpc) is 2.17. The molecule has 0 saturated carbocycles. The van der Waals surface area contributed by atoms with Gasteiger partial charge in [0.05, 0.1) is 6.61 Å². The summed E-state index contributed by atoms with van der Waals surface area (Å²) >= 11 is 0. The van der Waals surface area contributed by atoms with E-state index in [0.29, 0.717) is 6.54 Å². The Labute approximate surface area is 78.7 Å². The van der Waals surface area contributed by atoms with Crippen LogP contribution in [0.1, 0.15) is 11.1 Å². The largest absolute Gasteiger partial charge is 0.392 e. The minimum atomic E-state index is 0.0878. The SMILES string of the molecule is NCCc1ccc(C=CCO)cc1. The van der Waals surface area contributed by atoms with Crippen LogP contribution < -0.4 is 5.73 Å². The molecule has 0 fully saturated rings. The Balaban J connectivity index is 2.64. The highest BCUT2D eigenvalue weighted by Gasteiger charge is 1.90. The van der Waals surface area contributed by atoms with Gasteiger partial charge in [0.2, 0.25) is 0 Å². The van der Waals surface area contributed by atoms with Gasteiger partial charge in [-0.05, 0) is 24.1 Å². The summed E-state index contributed by atoms with van der Waals surface area (Å²) in [5.41, 5.74) is 7.79. The number of rotatable bonds is 4. The minimum absolute atomic E-state index is 0.0878. The van der Waals surface area contributed by atoms with Crippen LogP contribution in [0.2, 0.25) is 0 Å². The van der Waals surface area contributed by atoms with Gasteiger partial charge in [-0.2, -0.15) is 0 Å². The summed E-state index contributed by atoms with van der Waals surface area (Å²) in [4.78, 5) is 0. The summed E-state index contributed by atoms with van der Waals surface area (Å²) in [6, 6.07) is 8.17. The number of aliphatic hydroxyl groups excluding tert-OH is 1. The molecule has 13 heavy (non-hydrogen) atoms. The number of hydrogen-bond acceptors (Lipinski definition) is 2. The molecular weight excluding hydrogens is 162 g/mol. The van der Waals surface area contributed by atoms with Crippen molar-refractivity contribution in [2.45, 2.75) is 6.42 Å². The lowest BCUT2D eigenvalue weighted by molar-refractivity contribution is 0.343. The van der Waals surface area contributed by atoms with Crippen molar-refractivity contribution >= 4 is 6.08 Å². The third kappa shape index (κ3) is 3.40. The van der Waals surface area contributed by atoms with Crippen molar-refractivity contribution in [3.8, 4) is 0 Å². The number of aliphatic hydroxyl groups is 1. The number of nitrogens with two attached hydrogens (primary N) is 1. The molecule has 0 unspecified atom stereocenters. The van der Waals surface area contributed by atoms with Gasteiger partial charge in [0.1, 0.15) is 0 Å². The fraction of sp³-hybridized carbons (Fsp3) is 0.273. The van der Waals surface area contributed by atoms with Crippen LogP contribution in [0.15, 0.2) is 30.3 Å². The van der Waals surface area contributed by atoms with E-state index in [1.165, 1.54) is 5.56 Å². The maximum absolute atomic E-state index is 8.56. The zero-order chi connectivity index (χ0) is 9.52. The van der Waals surface area contributed by atoms with Crippen LogP contribution in [0.25, 0.3) is 6.08 Å². The average molecular weight is 177 g/mol. The van der Waals surface area contributed by atoms with Crippen molar-refractivity contribution in [3.05, 3.63) is 41.5 Å². The Bertz CT molecular complexity index is 264. The normalized spacial score (nSPS) is 10.9. The predicted molar refractivity (Wildman–Crippen MR) is 55.3 cm³/mol. The van der Waals surface area contributed by atoms with Gasteiger partial charge in [-0.15, -0.1) is 0 Å². The Hall–Kier alpha value is -1.12. The first kappa shape index (κ1) is 9.96. The lowest BCUT2D eigenvalue weighted by Gasteiger charge is -1.98. The zero-order valence-corrected chi connectivity index (χ0v) is 7.61. The Morgan fingerprint density at radius 1 is 1.23 bits per heavy atom. The minimum Gasteiger partial charge on any atom is -0.392 e. The summed E-state index contributed by atoms with van der Waals surface area (Å²) < 4.78 is 0. The van der Waals surface area contributed by atoms with Gasteiger partial charge in [0.15, 0.2) is 0 Å². The summed E-state index contributed by atoms with van der Waals surface area (Å²) in [5.74, 6) is 0. The van der Waals surface area contributed by atoms with E-state index in [1.807, 2.05) is 18.2 Å². The maximum Gasteiger partial charge on any atom is 0.0615 e. The van der Waals surface area contributed by atoms with E-state index < -0.39 is 0 Å². The highest BCUT2D eigenvalue weighted by Crippen LogP contribution is 2.06. The molecule has 2 heteroatoms. The van der Waals surface area contributed by atoms with Crippen LogP contribution in [0.4, 0.5) is 0 Å². The molecule has 0 radical (unpaired) electrons. The van der Waals surface area contributed by atoms with E-state index in [0.717, 1.165) is 12.0 Å². The van der Waals surface area contributed by atoms with Crippen molar-refractivity contribution in [3.63, 3.8) is 0 Å². The molecule has 0 aliphatic carbocycles. The lowest BCUT2D eigenvalue weighted by Crippen LogP contribution is -2.02. The summed E-state index contributed by atoms with van der Waals surface area (Å²) in [5, 5.41) is 8.56. The molecule has 0 bridgehead atoms. The Morgan fingerprint density at radius 2 is 1.92 bits per heavy atom. The summed E-state index contributed by atoms with van der Waals surface area (Å²) in [7, 11) is 0. The van der Waals surface area contributed by atoms with Crippen LogP contribution in [-0.4, -0.2) is 18.3 Å². The van der Waals surface area contributed by atoms with E-state index in [4.69, 9.17) is 10.8 Å². The van der Waals surface area contributed by atoms with Gasteiger partial charge in [0.25, 0.3) is 0 Å². The standard InChI is InChI=1S/C11H15NO/c12-8-7-11-5-3-10(4-6-11)2-1-9-13/h1-6,13H,7-9,12H2. The van der Waals surface area contributed by atoms with Gasteiger partial charge in [-0.1, -0.05) is 36.4 Å². The van der Waals surface area contributed by atoms with Crippen molar-refractivity contribution in [2.75, 3.05) is 13.2 Å². The quantitative estimate of drug-likeness (QED) is 0.725. The molecule has 0 heterocycles. The van der Waals surface area contributed by atoms with Gasteiger partial charge in [-0.25, -0.2) is 0 Å². The summed E-state index contributed by atoms with van der Waals surface area (Å²) in [6.45, 7) is 0.774. The Kier molecular flexibility index (Phi) is 4.23. The van der Waals surface area contributed by atoms with E-state index in [1.54, 1.807) is 6.08 Å². The van der Waals surface area contributed by atoms with E-state index in [2.05, 4.69) is 12.1 Å². The third-order valence-electron chi connectivity index (χ3n) is 1.83. The van der Waals surface area contributed by atoms with E-state index in [-0.39, 0.29) is 6.61 Å². The molecule has 1 aromatic carbocycles. The van der Waals surface area contributed by atoms with Crippen LogP contribution >= 0.6 is 0 Å². The topological polar surface area (TPSA) is 46.2 Å². The molecule has 70 valence electrons.